The highest BCUT2D eigenvalue weighted by Crippen LogP contribution is 2.42. The van der Waals surface area contributed by atoms with Crippen molar-refractivity contribution < 1.29 is 54.2 Å². The Balaban J connectivity index is 1.55. The normalized spacial score (nSPS) is 19.7. The summed E-state index contributed by atoms with van der Waals surface area (Å²) in [5, 5.41) is 0. The number of nitrogens with zero attached hydrogens (tertiary/aromatic N) is 3. The molecule has 0 saturated carbocycles. The Kier molecular flexibility index (Phi) is 8.17. The lowest BCUT2D eigenvalue weighted by molar-refractivity contribution is -0.143. The van der Waals surface area contributed by atoms with Crippen LogP contribution in [0.25, 0.3) is 11.1 Å². The van der Waals surface area contributed by atoms with Gasteiger partial charge in [-0.3, -0.25) is 4.90 Å². The van der Waals surface area contributed by atoms with Gasteiger partial charge in [0, 0.05) is 17.5 Å². The van der Waals surface area contributed by atoms with Crippen molar-refractivity contribution in [1.29, 1.82) is 0 Å². The number of pyridine rings is 1. The minimum Gasteiger partial charge on any atom is -0.496 e. The number of ether oxygens (including phenoxy) is 2. The van der Waals surface area contributed by atoms with E-state index < -0.39 is 66.3 Å². The quantitative estimate of drug-likeness (QED) is 0.193. The molecule has 2 fully saturated rings. The van der Waals surface area contributed by atoms with Gasteiger partial charge in [-0.25, -0.2) is 18.6 Å². The van der Waals surface area contributed by atoms with E-state index in [2.05, 4.69) is 4.98 Å². The van der Waals surface area contributed by atoms with E-state index in [0.29, 0.717) is 40.9 Å². The summed E-state index contributed by atoms with van der Waals surface area (Å²) >= 11 is 0. The molecule has 5 rings (SSSR count). The smallest absolute Gasteiger partial charge is 0.416 e. The lowest BCUT2D eigenvalue weighted by Gasteiger charge is -2.39. The summed E-state index contributed by atoms with van der Waals surface area (Å²) in [7, 11) is 1.40. The largest absolute Gasteiger partial charge is 0.496 e. The van der Waals surface area contributed by atoms with Crippen LogP contribution < -0.4 is 9.64 Å². The topological polar surface area (TPSA) is 72.0 Å². The van der Waals surface area contributed by atoms with Gasteiger partial charge in [0.05, 0.1) is 49.6 Å². The second-order valence-electron chi connectivity index (χ2n) is 10.8. The van der Waals surface area contributed by atoms with Gasteiger partial charge < -0.3 is 19.2 Å². The molecule has 7 nitrogen and oxygen atoms in total. The van der Waals surface area contributed by atoms with Crippen molar-refractivity contribution in [2.45, 2.75) is 50.3 Å². The van der Waals surface area contributed by atoms with Crippen LogP contribution in [0.1, 0.15) is 41.0 Å². The van der Waals surface area contributed by atoms with Crippen LogP contribution in [0.3, 0.4) is 0 Å². The highest BCUT2D eigenvalue weighted by molar-refractivity contribution is 5.76. The maximum absolute atomic E-state index is 13.6. The monoisotopic (exact) mass is 643 g/mol. The summed E-state index contributed by atoms with van der Waals surface area (Å²) in [4.78, 5) is 31.2. The number of halogens is 8. The van der Waals surface area contributed by atoms with Crippen molar-refractivity contribution in [2.75, 3.05) is 25.1 Å². The minimum atomic E-state index is -5.11. The molecule has 2 unspecified atom stereocenters. The molecular weight excluding hydrogens is 618 g/mol. The fourth-order valence-corrected chi connectivity index (χ4v) is 5.36. The third-order valence-corrected chi connectivity index (χ3v) is 7.65. The molecule has 0 aliphatic carbocycles. The molecule has 0 radical (unpaired) electrons. The second-order valence-corrected chi connectivity index (χ2v) is 10.8. The van der Waals surface area contributed by atoms with Crippen LogP contribution in [0.2, 0.25) is 0 Å². The van der Waals surface area contributed by atoms with Crippen LogP contribution in [-0.2, 0) is 34.8 Å². The molecule has 240 valence electrons. The highest BCUT2D eigenvalue weighted by atomic mass is 19.4. The molecule has 0 bridgehead atoms. The van der Waals surface area contributed by atoms with E-state index in [1.165, 1.54) is 25.0 Å². The predicted molar refractivity (Wildman–Crippen MR) is 144 cm³/mol. The number of aromatic nitrogens is 1. The molecule has 15 heteroatoms. The van der Waals surface area contributed by atoms with Gasteiger partial charge in [0.2, 0.25) is 0 Å². The highest BCUT2D eigenvalue weighted by Gasteiger charge is 2.46. The number of alkyl halides is 8. The Bertz CT molecular complexity index is 1590. The maximum atomic E-state index is 13.6. The molecule has 45 heavy (non-hydrogen) atoms. The molecule has 1 aromatic heterocycles. The van der Waals surface area contributed by atoms with Crippen molar-refractivity contribution in [3.05, 3.63) is 76.5 Å². The number of cyclic esters (lactones) is 1. The van der Waals surface area contributed by atoms with Crippen molar-refractivity contribution >= 4 is 18.2 Å². The van der Waals surface area contributed by atoms with Crippen LogP contribution in [-0.4, -0.2) is 54.4 Å². The van der Waals surface area contributed by atoms with Gasteiger partial charge >= 0.3 is 18.4 Å². The zero-order valence-corrected chi connectivity index (χ0v) is 23.7. The number of hydrogen-bond acceptors (Lipinski definition) is 6. The van der Waals surface area contributed by atoms with E-state index in [1.54, 1.807) is 24.3 Å². The summed E-state index contributed by atoms with van der Waals surface area (Å²) < 4.78 is 119. The molecule has 2 aromatic carbocycles. The molecule has 2 saturated heterocycles. The molecule has 0 N–H and O–H groups in total. The predicted octanol–water partition coefficient (Wildman–Crippen LogP) is 7.07. The summed E-state index contributed by atoms with van der Waals surface area (Å²) in [6.45, 7) is -0.152. The van der Waals surface area contributed by atoms with E-state index in [1.807, 2.05) is 0 Å². The molecule has 2 aliphatic rings. The summed E-state index contributed by atoms with van der Waals surface area (Å²) in [6.07, 6.45) is -12.0. The Labute approximate surface area is 251 Å². The molecular formula is C30H25F8N3O4. The van der Waals surface area contributed by atoms with Gasteiger partial charge in [0.1, 0.15) is 24.0 Å². The fourth-order valence-electron chi connectivity index (χ4n) is 5.36. The van der Waals surface area contributed by atoms with E-state index in [4.69, 9.17) is 9.47 Å². The molecule has 2 atom stereocenters. The molecule has 3 aromatic rings. The Hall–Kier alpha value is -4.43. The number of carbonyl (C=O) groups excluding carboxylic acids is 2. The molecule has 0 spiro atoms. The Morgan fingerprint density at radius 2 is 1.62 bits per heavy atom. The van der Waals surface area contributed by atoms with Crippen LogP contribution in [0.4, 0.5) is 45.7 Å². The van der Waals surface area contributed by atoms with E-state index in [0.717, 1.165) is 4.90 Å². The summed E-state index contributed by atoms with van der Waals surface area (Å²) in [5.74, 6) is -2.41. The van der Waals surface area contributed by atoms with E-state index >= 15 is 0 Å². The summed E-state index contributed by atoms with van der Waals surface area (Å²) in [5.41, 5.74) is -2.01. The number of aldehydes is 1. The van der Waals surface area contributed by atoms with Crippen molar-refractivity contribution in [1.82, 2.24) is 9.88 Å². The molecule has 1 amide bonds. The first-order valence-corrected chi connectivity index (χ1v) is 13.5. The van der Waals surface area contributed by atoms with E-state index in [9.17, 15) is 44.7 Å². The van der Waals surface area contributed by atoms with Crippen LogP contribution in [0, 0.1) is 0 Å². The standard InChI is InChI=1S/C30H25F8N3O4/c1-16-26(18-10-19(29(33,34)35)12-20(11-18)30(36,37)38)45-27(43)41(16)13-23-21(4-6-25(39-23)40-14-28(31,32)15-40)22-9-17(7-8-42)3-5-24(22)44-2/h3-6,8-12,16,26H,7,13-15H2,1-2H3. The molecule has 3 heterocycles. The first-order chi connectivity index (χ1) is 21.0. The number of methoxy groups -OCH3 is 1. The van der Waals surface area contributed by atoms with Crippen LogP contribution in [0.15, 0.2) is 48.5 Å². The number of anilines is 1. The Morgan fingerprint density at radius 1 is 0.978 bits per heavy atom. The number of amides is 1. The van der Waals surface area contributed by atoms with Gasteiger partial charge in [0.15, 0.2) is 0 Å². The first-order valence-electron chi connectivity index (χ1n) is 13.5. The summed E-state index contributed by atoms with van der Waals surface area (Å²) in [6, 6.07) is 7.91. The average Bonchev–Trinajstić information content (AvgIpc) is 3.23. The van der Waals surface area contributed by atoms with Crippen LogP contribution in [0.5, 0.6) is 5.75 Å². The number of benzene rings is 2. The van der Waals surface area contributed by atoms with Crippen LogP contribution >= 0.6 is 0 Å². The average molecular weight is 644 g/mol. The third-order valence-electron chi connectivity index (χ3n) is 7.65. The lowest BCUT2D eigenvalue weighted by atomic mass is 9.96. The Morgan fingerprint density at radius 3 is 2.18 bits per heavy atom. The van der Waals surface area contributed by atoms with E-state index in [-0.39, 0.29) is 30.5 Å². The van der Waals surface area contributed by atoms with Crippen molar-refractivity contribution in [3.8, 4) is 16.9 Å². The number of carbonyl (C=O) groups is 2. The van der Waals surface area contributed by atoms with Gasteiger partial charge in [-0.05, 0) is 60.5 Å². The minimum absolute atomic E-state index is 0.0180. The number of hydrogen-bond donors (Lipinski definition) is 0. The van der Waals surface area contributed by atoms with Crippen molar-refractivity contribution in [3.63, 3.8) is 0 Å². The fraction of sp³-hybridized carbons (Fsp3) is 0.367. The third kappa shape index (κ3) is 6.52. The maximum Gasteiger partial charge on any atom is 0.416 e. The first kappa shape index (κ1) is 32.0. The van der Waals surface area contributed by atoms with Gasteiger partial charge in [-0.1, -0.05) is 6.07 Å². The number of rotatable bonds is 8. The molecule has 2 aliphatic heterocycles. The zero-order valence-electron chi connectivity index (χ0n) is 23.7. The van der Waals surface area contributed by atoms with Gasteiger partial charge in [-0.15, -0.1) is 0 Å². The van der Waals surface area contributed by atoms with Crippen molar-refractivity contribution in [2.24, 2.45) is 0 Å². The second kappa shape index (κ2) is 11.5. The lowest BCUT2D eigenvalue weighted by Crippen LogP contribution is -2.56. The van der Waals surface area contributed by atoms with Gasteiger partial charge in [0.25, 0.3) is 5.92 Å². The zero-order chi connectivity index (χ0) is 32.9. The SMILES string of the molecule is COc1ccc(CC=O)cc1-c1ccc(N2CC(F)(F)C2)nc1CN1C(=O)OC(c2cc(C(F)(F)F)cc(C(F)(F)F)c2)C1C. The van der Waals surface area contributed by atoms with Gasteiger partial charge in [-0.2, -0.15) is 26.3 Å².